The van der Waals surface area contributed by atoms with Crippen LogP contribution in [0.5, 0.6) is 0 Å². The van der Waals surface area contributed by atoms with Gasteiger partial charge in [-0.3, -0.25) is 14.4 Å². The minimum absolute atomic E-state index is 0.104. The van der Waals surface area contributed by atoms with Crippen molar-refractivity contribution >= 4 is 17.6 Å². The fourth-order valence-electron chi connectivity index (χ4n) is 3.21. The van der Waals surface area contributed by atoms with Crippen LogP contribution in [0.3, 0.4) is 0 Å². The Hall–Kier alpha value is -1.47. The number of β-amino-alcohol motifs (C(OH)–C–C–N with tert-alkyl or cyclic N) is 1. The zero-order valence-electron chi connectivity index (χ0n) is 12.5. The van der Waals surface area contributed by atoms with Gasteiger partial charge in [0.25, 0.3) is 0 Å². The van der Waals surface area contributed by atoms with Crippen molar-refractivity contribution < 1.29 is 19.5 Å². The maximum atomic E-state index is 12.7. The third-order valence-corrected chi connectivity index (χ3v) is 4.22. The molecule has 2 rings (SSSR count). The van der Waals surface area contributed by atoms with Crippen LogP contribution in [0.15, 0.2) is 0 Å². The summed E-state index contributed by atoms with van der Waals surface area (Å²) >= 11 is 0. The first-order valence-electron chi connectivity index (χ1n) is 7.38. The molecule has 2 aliphatic heterocycles. The van der Waals surface area contributed by atoms with E-state index in [9.17, 15) is 19.5 Å². The van der Waals surface area contributed by atoms with Gasteiger partial charge in [0.05, 0.1) is 18.7 Å². The molecule has 21 heavy (non-hydrogen) atoms. The Labute approximate surface area is 124 Å². The summed E-state index contributed by atoms with van der Waals surface area (Å²) < 4.78 is 0. The van der Waals surface area contributed by atoms with Crippen molar-refractivity contribution in [1.82, 2.24) is 15.1 Å². The molecule has 3 atom stereocenters. The molecule has 0 spiro atoms. The second kappa shape index (κ2) is 6.53. The highest BCUT2D eigenvalue weighted by Crippen LogP contribution is 2.25. The Balaban J connectivity index is 2.11. The molecule has 7 nitrogen and oxygen atoms in total. The monoisotopic (exact) mass is 297 g/mol. The topological polar surface area (TPSA) is 90.0 Å². The molecule has 0 aromatic heterocycles. The molecule has 0 aromatic rings. The molecular weight excluding hydrogens is 274 g/mol. The van der Waals surface area contributed by atoms with Crippen molar-refractivity contribution in [3.63, 3.8) is 0 Å². The van der Waals surface area contributed by atoms with E-state index in [0.29, 0.717) is 13.0 Å². The molecule has 0 radical (unpaired) electrons. The summed E-state index contributed by atoms with van der Waals surface area (Å²) in [6, 6.07) is -1.06. The second-order valence-corrected chi connectivity index (χ2v) is 5.78. The smallest absolute Gasteiger partial charge is 0.246 e. The summed E-state index contributed by atoms with van der Waals surface area (Å²) in [7, 11) is 1.69. The van der Waals surface area contributed by atoms with Crippen molar-refractivity contribution in [3.8, 4) is 0 Å². The number of ketones is 1. The van der Waals surface area contributed by atoms with Gasteiger partial charge in [0.15, 0.2) is 5.78 Å². The Kier molecular flexibility index (Phi) is 4.95. The average Bonchev–Trinajstić information content (AvgIpc) is 3.04. The number of hydrogen-bond donors (Lipinski definition) is 2. The number of carbonyl (C=O) groups is 3. The average molecular weight is 297 g/mol. The van der Waals surface area contributed by atoms with Gasteiger partial charge in [-0.15, -0.1) is 0 Å². The second-order valence-electron chi connectivity index (χ2n) is 5.78. The highest BCUT2D eigenvalue weighted by atomic mass is 16.3. The zero-order chi connectivity index (χ0) is 15.6. The Morgan fingerprint density at radius 3 is 2.57 bits per heavy atom. The molecule has 2 saturated heterocycles. The van der Waals surface area contributed by atoms with Gasteiger partial charge in [0.1, 0.15) is 6.04 Å². The van der Waals surface area contributed by atoms with E-state index in [1.165, 1.54) is 11.8 Å². The Bertz CT molecular complexity index is 440. The summed E-state index contributed by atoms with van der Waals surface area (Å²) in [5.41, 5.74) is 0. The van der Waals surface area contributed by atoms with Gasteiger partial charge >= 0.3 is 0 Å². The number of likely N-dealkylation sites (tertiary alicyclic amines) is 2. The van der Waals surface area contributed by atoms with E-state index < -0.39 is 18.2 Å². The highest BCUT2D eigenvalue weighted by molar-refractivity contribution is 5.93. The summed E-state index contributed by atoms with van der Waals surface area (Å²) in [4.78, 5) is 39.4. The first-order chi connectivity index (χ1) is 9.95. The Morgan fingerprint density at radius 1 is 1.24 bits per heavy atom. The maximum absolute atomic E-state index is 12.7. The van der Waals surface area contributed by atoms with E-state index in [2.05, 4.69) is 5.32 Å². The number of aliphatic hydroxyl groups excluding tert-OH is 1. The number of likely N-dealkylation sites (N-methyl/N-ethyl adjacent to an activating group) is 1. The van der Waals surface area contributed by atoms with Gasteiger partial charge in [-0.1, -0.05) is 0 Å². The predicted octanol–water partition coefficient (Wildman–Crippen LogP) is -1.25. The molecule has 7 heteroatoms. The number of rotatable bonds is 4. The largest absolute Gasteiger partial charge is 0.391 e. The van der Waals surface area contributed by atoms with Crippen molar-refractivity contribution in [2.24, 2.45) is 0 Å². The molecule has 2 N–H and O–H groups in total. The number of hydrogen-bond acceptors (Lipinski definition) is 5. The van der Waals surface area contributed by atoms with Gasteiger partial charge in [-0.2, -0.15) is 0 Å². The van der Waals surface area contributed by atoms with E-state index in [4.69, 9.17) is 0 Å². The van der Waals surface area contributed by atoms with Crippen LogP contribution in [0.25, 0.3) is 0 Å². The number of carbonyl (C=O) groups excluding carboxylic acids is 3. The minimum atomic E-state index is -0.661. The minimum Gasteiger partial charge on any atom is -0.391 e. The van der Waals surface area contributed by atoms with Gasteiger partial charge in [-0.05, 0) is 26.8 Å². The SMILES string of the molecule is CNCC(=O)N1CCCC1C(=O)N1CC(O)CC1C(C)=O. The fraction of sp³-hybridized carbons (Fsp3) is 0.786. The van der Waals surface area contributed by atoms with Crippen LogP contribution < -0.4 is 5.32 Å². The molecule has 2 fully saturated rings. The normalized spacial score (nSPS) is 29.0. The lowest BCUT2D eigenvalue weighted by molar-refractivity contribution is -0.145. The van der Waals surface area contributed by atoms with E-state index in [1.54, 1.807) is 11.9 Å². The van der Waals surface area contributed by atoms with Crippen LogP contribution in [0, 0.1) is 0 Å². The van der Waals surface area contributed by atoms with Crippen LogP contribution in [-0.2, 0) is 14.4 Å². The molecule has 0 aromatic carbocycles. The summed E-state index contributed by atoms with van der Waals surface area (Å²) in [6.45, 7) is 2.37. The van der Waals surface area contributed by atoms with Crippen LogP contribution in [-0.4, -0.2) is 77.4 Å². The van der Waals surface area contributed by atoms with E-state index in [1.807, 2.05) is 0 Å². The molecule has 118 valence electrons. The van der Waals surface area contributed by atoms with Crippen molar-refractivity contribution in [1.29, 1.82) is 0 Å². The standard InChI is InChI=1S/C14H23N3O4/c1-9(18)12-6-10(19)8-17(12)14(21)11-4-3-5-16(11)13(20)7-15-2/h10-12,15,19H,3-8H2,1-2H3. The van der Waals surface area contributed by atoms with Gasteiger partial charge in [0, 0.05) is 19.5 Å². The zero-order valence-corrected chi connectivity index (χ0v) is 12.5. The van der Waals surface area contributed by atoms with Crippen molar-refractivity contribution in [2.45, 2.75) is 44.4 Å². The summed E-state index contributed by atoms with van der Waals surface area (Å²) in [5, 5.41) is 12.5. The molecular formula is C14H23N3O4. The maximum Gasteiger partial charge on any atom is 0.246 e. The lowest BCUT2D eigenvalue weighted by Gasteiger charge is -2.30. The first kappa shape index (κ1) is 15.9. The third-order valence-electron chi connectivity index (χ3n) is 4.22. The highest BCUT2D eigenvalue weighted by Gasteiger charge is 2.43. The number of amides is 2. The number of aliphatic hydroxyl groups is 1. The van der Waals surface area contributed by atoms with Crippen LogP contribution in [0.2, 0.25) is 0 Å². The van der Waals surface area contributed by atoms with E-state index >= 15 is 0 Å². The van der Waals surface area contributed by atoms with Gasteiger partial charge in [0.2, 0.25) is 11.8 Å². The van der Waals surface area contributed by atoms with Gasteiger partial charge < -0.3 is 20.2 Å². The predicted molar refractivity (Wildman–Crippen MR) is 75.5 cm³/mol. The molecule has 0 aliphatic carbocycles. The quantitative estimate of drug-likeness (QED) is 0.676. The molecule has 0 bridgehead atoms. The third kappa shape index (κ3) is 3.24. The molecule has 2 heterocycles. The lowest BCUT2D eigenvalue weighted by atomic mass is 10.1. The van der Waals surface area contributed by atoms with E-state index in [-0.39, 0.29) is 37.1 Å². The number of Topliss-reactive ketones (excluding diaryl/α,β-unsaturated/α-hetero) is 1. The van der Waals surface area contributed by atoms with E-state index in [0.717, 1.165) is 6.42 Å². The Morgan fingerprint density at radius 2 is 1.95 bits per heavy atom. The van der Waals surface area contributed by atoms with Crippen molar-refractivity contribution in [2.75, 3.05) is 26.7 Å². The number of nitrogens with one attached hydrogen (secondary N) is 1. The lowest BCUT2D eigenvalue weighted by Crippen LogP contribution is -2.52. The van der Waals surface area contributed by atoms with Crippen LogP contribution >= 0.6 is 0 Å². The van der Waals surface area contributed by atoms with Crippen molar-refractivity contribution in [3.05, 3.63) is 0 Å². The fourth-order valence-corrected chi connectivity index (χ4v) is 3.21. The summed E-state index contributed by atoms with van der Waals surface area (Å²) in [6.07, 6.45) is 1.03. The van der Waals surface area contributed by atoms with Crippen LogP contribution in [0.1, 0.15) is 26.2 Å². The van der Waals surface area contributed by atoms with Gasteiger partial charge in [-0.25, -0.2) is 0 Å². The molecule has 2 aliphatic rings. The number of nitrogens with zero attached hydrogens (tertiary/aromatic N) is 2. The molecule has 0 saturated carbocycles. The molecule has 3 unspecified atom stereocenters. The summed E-state index contributed by atoms with van der Waals surface area (Å²) in [5.74, 6) is -0.438. The van der Waals surface area contributed by atoms with Crippen LogP contribution in [0.4, 0.5) is 0 Å². The molecule has 2 amide bonds. The first-order valence-corrected chi connectivity index (χ1v) is 7.38.